The lowest BCUT2D eigenvalue weighted by atomic mass is 9.95. The van der Waals surface area contributed by atoms with Gasteiger partial charge in [0.15, 0.2) is 0 Å². The molecule has 0 aromatic heterocycles. The van der Waals surface area contributed by atoms with Gasteiger partial charge in [0.2, 0.25) is 20.0 Å². The van der Waals surface area contributed by atoms with Crippen LogP contribution >= 0.6 is 0 Å². The van der Waals surface area contributed by atoms with Crippen LogP contribution in [0.4, 0.5) is 0 Å². The zero-order valence-electron chi connectivity index (χ0n) is 15.3. The van der Waals surface area contributed by atoms with Crippen molar-refractivity contribution in [1.29, 1.82) is 0 Å². The number of benzene rings is 1. The highest BCUT2D eigenvalue weighted by Gasteiger charge is 2.26. The van der Waals surface area contributed by atoms with Crippen LogP contribution in [0.1, 0.15) is 40.5 Å². The van der Waals surface area contributed by atoms with E-state index in [-0.39, 0.29) is 16.3 Å². The van der Waals surface area contributed by atoms with Crippen LogP contribution in [0.25, 0.3) is 0 Å². The summed E-state index contributed by atoms with van der Waals surface area (Å²) in [5, 5.41) is 0. The van der Waals surface area contributed by atoms with Crippen molar-refractivity contribution >= 4 is 20.0 Å². The fourth-order valence-corrected chi connectivity index (χ4v) is 5.10. The fraction of sp³-hybridized carbons (Fsp3) is 0.625. The number of nitrogens with two attached hydrogens (primary N) is 1. The van der Waals surface area contributed by atoms with E-state index in [4.69, 9.17) is 5.73 Å². The first-order chi connectivity index (χ1) is 11.6. The van der Waals surface area contributed by atoms with E-state index in [0.29, 0.717) is 25.9 Å². The summed E-state index contributed by atoms with van der Waals surface area (Å²) in [6.07, 6.45) is 1.25. The molecule has 25 heavy (non-hydrogen) atoms. The van der Waals surface area contributed by atoms with Crippen molar-refractivity contribution in [1.82, 2.24) is 9.03 Å². The van der Waals surface area contributed by atoms with Crippen molar-refractivity contribution in [3.8, 4) is 0 Å². The van der Waals surface area contributed by atoms with Crippen molar-refractivity contribution in [2.75, 3.05) is 19.6 Å². The molecule has 3 N–H and O–H groups in total. The molecule has 0 atom stereocenters. The normalized spacial score (nSPS) is 13.4. The molecule has 7 nitrogen and oxygen atoms in total. The van der Waals surface area contributed by atoms with Gasteiger partial charge in [-0.15, -0.1) is 0 Å². The summed E-state index contributed by atoms with van der Waals surface area (Å²) in [7, 11) is -7.57. The molecule has 0 heterocycles. The van der Waals surface area contributed by atoms with Crippen molar-refractivity contribution in [2.45, 2.75) is 55.9 Å². The van der Waals surface area contributed by atoms with Crippen LogP contribution in [0.2, 0.25) is 0 Å². The Kier molecular flexibility index (Phi) is 7.57. The Labute approximate surface area is 151 Å². The second kappa shape index (κ2) is 8.59. The molecule has 9 heteroatoms. The van der Waals surface area contributed by atoms with Crippen LogP contribution in [-0.4, -0.2) is 46.3 Å². The topological polar surface area (TPSA) is 110 Å². The second-order valence-electron chi connectivity index (χ2n) is 5.96. The van der Waals surface area contributed by atoms with Crippen LogP contribution in [0.15, 0.2) is 34.1 Å². The van der Waals surface area contributed by atoms with Gasteiger partial charge in [0.25, 0.3) is 0 Å². The van der Waals surface area contributed by atoms with Gasteiger partial charge in [0, 0.05) is 25.2 Å². The molecule has 0 fully saturated rings. The van der Waals surface area contributed by atoms with E-state index >= 15 is 0 Å². The zero-order valence-corrected chi connectivity index (χ0v) is 17.0. The Bertz CT molecular complexity index is 768. The quantitative estimate of drug-likeness (QED) is 0.628. The molecule has 0 aliphatic carbocycles. The molecule has 0 radical (unpaired) electrons. The zero-order chi connectivity index (χ0) is 19.3. The molecule has 0 saturated heterocycles. The lowest BCUT2D eigenvalue weighted by Crippen LogP contribution is -2.49. The summed E-state index contributed by atoms with van der Waals surface area (Å²) in [5.74, 6) is 0. The third-order valence-corrected chi connectivity index (χ3v) is 7.93. The van der Waals surface area contributed by atoms with Crippen molar-refractivity contribution in [3.05, 3.63) is 24.3 Å². The Morgan fingerprint density at radius 1 is 1.00 bits per heavy atom. The molecule has 0 aliphatic heterocycles. The largest absolute Gasteiger partial charge is 0.324 e. The summed E-state index contributed by atoms with van der Waals surface area (Å²) in [6.45, 7) is 7.99. The highest BCUT2D eigenvalue weighted by atomic mass is 32.2. The lowest BCUT2D eigenvalue weighted by Gasteiger charge is -2.26. The molecule has 0 unspecified atom stereocenters. The Balaban J connectivity index is 3.16. The van der Waals surface area contributed by atoms with Gasteiger partial charge in [-0.05, 0) is 31.0 Å². The van der Waals surface area contributed by atoms with Crippen molar-refractivity contribution in [3.63, 3.8) is 0 Å². The summed E-state index contributed by atoms with van der Waals surface area (Å²) in [4.78, 5) is -0.126. The standard InChI is InChI=1S/C16H29N3O4S2/c1-5-16(17,6-2)13-18-24(20,21)14-10-9-11-15(12-14)25(22,23)19(7-3)8-4/h9-12,18H,5-8,13,17H2,1-4H3. The van der Waals surface area contributed by atoms with Gasteiger partial charge in [-0.3, -0.25) is 0 Å². The minimum absolute atomic E-state index is 0.0379. The minimum atomic E-state index is -3.85. The molecular formula is C16H29N3O4S2. The summed E-state index contributed by atoms with van der Waals surface area (Å²) in [5.41, 5.74) is 5.50. The Morgan fingerprint density at radius 3 is 2.00 bits per heavy atom. The first-order valence-corrected chi connectivity index (χ1v) is 11.4. The van der Waals surface area contributed by atoms with Gasteiger partial charge < -0.3 is 5.73 Å². The number of nitrogens with zero attached hydrogens (tertiary/aromatic N) is 1. The van der Waals surface area contributed by atoms with Gasteiger partial charge in [0.05, 0.1) is 9.79 Å². The van der Waals surface area contributed by atoms with Crippen LogP contribution in [-0.2, 0) is 20.0 Å². The first-order valence-electron chi connectivity index (χ1n) is 8.45. The molecule has 0 spiro atoms. The lowest BCUT2D eigenvalue weighted by molar-refractivity contribution is 0.391. The Morgan fingerprint density at radius 2 is 1.52 bits per heavy atom. The molecule has 1 rings (SSSR count). The maximum Gasteiger partial charge on any atom is 0.243 e. The molecule has 0 aliphatic rings. The molecule has 1 aromatic rings. The average molecular weight is 392 g/mol. The van der Waals surface area contributed by atoms with E-state index in [0.717, 1.165) is 0 Å². The van der Waals surface area contributed by atoms with E-state index in [2.05, 4.69) is 4.72 Å². The van der Waals surface area contributed by atoms with Crippen molar-refractivity contribution in [2.24, 2.45) is 5.73 Å². The number of sulfonamides is 2. The summed E-state index contributed by atoms with van der Waals surface area (Å²) in [6, 6.07) is 5.39. The highest BCUT2D eigenvalue weighted by Crippen LogP contribution is 2.20. The SMILES string of the molecule is CCN(CC)S(=O)(=O)c1cccc(S(=O)(=O)NCC(N)(CC)CC)c1. The predicted molar refractivity (Wildman–Crippen MR) is 99.2 cm³/mol. The second-order valence-corrected chi connectivity index (χ2v) is 9.66. The van der Waals surface area contributed by atoms with Crippen LogP contribution in [0.3, 0.4) is 0 Å². The molecule has 0 amide bonds. The third-order valence-electron chi connectivity index (χ3n) is 4.48. The fourth-order valence-electron chi connectivity index (χ4n) is 2.34. The van der Waals surface area contributed by atoms with Gasteiger partial charge in [-0.1, -0.05) is 33.8 Å². The van der Waals surface area contributed by atoms with Crippen LogP contribution in [0, 0.1) is 0 Å². The van der Waals surface area contributed by atoms with Gasteiger partial charge >= 0.3 is 0 Å². The molecule has 0 saturated carbocycles. The Hall–Kier alpha value is -1.00. The molecular weight excluding hydrogens is 362 g/mol. The molecule has 1 aromatic carbocycles. The van der Waals surface area contributed by atoms with Crippen LogP contribution < -0.4 is 10.5 Å². The maximum atomic E-state index is 12.6. The van der Waals surface area contributed by atoms with E-state index in [1.54, 1.807) is 13.8 Å². The third kappa shape index (κ3) is 5.24. The van der Waals surface area contributed by atoms with E-state index in [9.17, 15) is 16.8 Å². The minimum Gasteiger partial charge on any atom is -0.324 e. The van der Waals surface area contributed by atoms with Gasteiger partial charge in [-0.25, -0.2) is 21.6 Å². The van der Waals surface area contributed by atoms with Crippen LogP contribution in [0.5, 0.6) is 0 Å². The average Bonchev–Trinajstić information content (AvgIpc) is 2.60. The number of nitrogens with one attached hydrogen (secondary N) is 1. The highest BCUT2D eigenvalue weighted by molar-refractivity contribution is 7.90. The number of hydrogen-bond donors (Lipinski definition) is 2. The molecule has 0 bridgehead atoms. The van der Waals surface area contributed by atoms with E-state index in [1.165, 1.54) is 28.6 Å². The first kappa shape index (κ1) is 22.0. The van der Waals surface area contributed by atoms with Crippen molar-refractivity contribution < 1.29 is 16.8 Å². The molecule has 144 valence electrons. The summed E-state index contributed by atoms with van der Waals surface area (Å²) < 4.78 is 54.0. The smallest absolute Gasteiger partial charge is 0.243 e. The monoisotopic (exact) mass is 391 g/mol. The van der Waals surface area contributed by atoms with Gasteiger partial charge in [-0.2, -0.15) is 4.31 Å². The predicted octanol–water partition coefficient (Wildman–Crippen LogP) is 1.51. The summed E-state index contributed by atoms with van der Waals surface area (Å²) >= 11 is 0. The van der Waals surface area contributed by atoms with E-state index in [1.807, 2.05) is 13.8 Å². The number of hydrogen-bond acceptors (Lipinski definition) is 5. The van der Waals surface area contributed by atoms with Gasteiger partial charge in [0.1, 0.15) is 0 Å². The van der Waals surface area contributed by atoms with E-state index < -0.39 is 25.6 Å². The number of rotatable bonds is 10. The maximum absolute atomic E-state index is 12.6.